The number of ether oxygens (including phenoxy) is 1. The van der Waals surface area contributed by atoms with Crippen molar-refractivity contribution in [2.45, 2.75) is 59.2 Å². The zero-order valence-corrected chi connectivity index (χ0v) is 15.8. The first kappa shape index (κ1) is 21.2. The van der Waals surface area contributed by atoms with Crippen molar-refractivity contribution in [3.8, 4) is 11.5 Å². The van der Waals surface area contributed by atoms with Gasteiger partial charge in [-0.15, -0.1) is 0 Å². The number of aromatic hydroxyl groups is 1. The normalized spacial score (nSPS) is 12.2. The van der Waals surface area contributed by atoms with Gasteiger partial charge in [0.05, 0.1) is 26.4 Å². The summed E-state index contributed by atoms with van der Waals surface area (Å²) in [5.74, 6) is 0.770. The van der Waals surface area contributed by atoms with E-state index in [0.717, 1.165) is 6.42 Å². The minimum absolute atomic E-state index is 0.0226. The zero-order valence-electron chi connectivity index (χ0n) is 15.8. The highest BCUT2D eigenvalue weighted by molar-refractivity contribution is 5.54. The Morgan fingerprint density at radius 2 is 1.26 bits per heavy atom. The highest BCUT2D eigenvalue weighted by atomic mass is 16.5. The van der Waals surface area contributed by atoms with Gasteiger partial charge in [0, 0.05) is 16.7 Å². The minimum Gasteiger partial charge on any atom is -0.507 e. The Balaban J connectivity index is 2.37. The molecule has 5 N–H and O–H groups in total. The summed E-state index contributed by atoms with van der Waals surface area (Å²) >= 11 is 0. The maximum absolute atomic E-state index is 10.2. The molecule has 0 aliphatic carbocycles. The van der Waals surface area contributed by atoms with E-state index in [-0.39, 0.29) is 23.5 Å². The molecule has 0 saturated carbocycles. The van der Waals surface area contributed by atoms with Gasteiger partial charge in [0.25, 0.3) is 0 Å². The number of aliphatic hydroxyl groups excluding tert-OH is 4. The second kappa shape index (κ2) is 9.71. The topological polar surface area (TPSA) is 110 Å². The summed E-state index contributed by atoms with van der Waals surface area (Å²) in [6, 6.07) is 7.72. The highest BCUT2D eigenvalue weighted by Gasteiger charge is 2.22. The SMILES string of the molecule is CCC(C)c1ccc(OCc2c(CO)c(CO)c(O)c(CO)c2CO)cc1. The van der Waals surface area contributed by atoms with Crippen molar-refractivity contribution in [1.82, 2.24) is 0 Å². The Bertz CT molecular complexity index is 721. The summed E-state index contributed by atoms with van der Waals surface area (Å²) in [5.41, 5.74) is 2.53. The number of benzene rings is 2. The lowest BCUT2D eigenvalue weighted by molar-refractivity contribution is 0.231. The molecular formula is C21H28O6. The van der Waals surface area contributed by atoms with Crippen LogP contribution in [0.4, 0.5) is 0 Å². The molecule has 0 radical (unpaired) electrons. The largest absolute Gasteiger partial charge is 0.507 e. The van der Waals surface area contributed by atoms with Crippen molar-refractivity contribution in [1.29, 1.82) is 0 Å². The van der Waals surface area contributed by atoms with Crippen molar-refractivity contribution >= 4 is 0 Å². The molecule has 0 aliphatic heterocycles. The van der Waals surface area contributed by atoms with Crippen LogP contribution in [0.25, 0.3) is 0 Å². The van der Waals surface area contributed by atoms with Crippen LogP contribution in [-0.2, 0) is 33.0 Å². The Kier molecular flexibility index (Phi) is 7.62. The summed E-state index contributed by atoms with van der Waals surface area (Å²) in [6.45, 7) is 2.43. The van der Waals surface area contributed by atoms with Crippen LogP contribution in [0.2, 0.25) is 0 Å². The third-order valence-corrected chi connectivity index (χ3v) is 5.11. The Labute approximate surface area is 159 Å². The quantitative estimate of drug-likeness (QED) is 0.460. The van der Waals surface area contributed by atoms with E-state index in [1.165, 1.54) is 5.56 Å². The third kappa shape index (κ3) is 4.42. The van der Waals surface area contributed by atoms with E-state index in [9.17, 15) is 25.5 Å². The Morgan fingerprint density at radius 1 is 0.778 bits per heavy atom. The Hall–Kier alpha value is -2.12. The van der Waals surface area contributed by atoms with E-state index in [0.29, 0.717) is 28.4 Å². The van der Waals surface area contributed by atoms with Crippen molar-refractivity contribution in [2.24, 2.45) is 0 Å². The summed E-state index contributed by atoms with van der Waals surface area (Å²) in [6.07, 6.45) is 1.04. The Morgan fingerprint density at radius 3 is 1.67 bits per heavy atom. The van der Waals surface area contributed by atoms with Gasteiger partial charge in [-0.25, -0.2) is 0 Å². The van der Waals surface area contributed by atoms with E-state index in [2.05, 4.69) is 13.8 Å². The summed E-state index contributed by atoms with van der Waals surface area (Å²) < 4.78 is 5.82. The summed E-state index contributed by atoms with van der Waals surface area (Å²) in [5, 5.41) is 48.9. The molecule has 2 aromatic rings. The van der Waals surface area contributed by atoms with Crippen LogP contribution < -0.4 is 4.74 Å². The molecule has 0 amide bonds. The number of hydrogen-bond donors (Lipinski definition) is 5. The van der Waals surface area contributed by atoms with Crippen LogP contribution in [0, 0.1) is 0 Å². The van der Waals surface area contributed by atoms with E-state index in [4.69, 9.17) is 4.74 Å². The molecule has 2 rings (SSSR count). The van der Waals surface area contributed by atoms with Gasteiger partial charge in [-0.1, -0.05) is 26.0 Å². The van der Waals surface area contributed by atoms with Gasteiger partial charge in [0.1, 0.15) is 18.1 Å². The van der Waals surface area contributed by atoms with Crippen molar-refractivity contribution in [2.75, 3.05) is 0 Å². The van der Waals surface area contributed by atoms with Crippen LogP contribution in [0.3, 0.4) is 0 Å². The fourth-order valence-electron chi connectivity index (χ4n) is 3.19. The number of rotatable bonds is 9. The third-order valence-electron chi connectivity index (χ3n) is 5.11. The molecule has 0 heterocycles. The molecule has 0 aliphatic rings. The van der Waals surface area contributed by atoms with Gasteiger partial charge in [-0.05, 0) is 41.2 Å². The van der Waals surface area contributed by atoms with Crippen LogP contribution in [-0.4, -0.2) is 25.5 Å². The van der Waals surface area contributed by atoms with Crippen molar-refractivity contribution < 1.29 is 30.3 Å². The molecular weight excluding hydrogens is 348 g/mol. The van der Waals surface area contributed by atoms with E-state index < -0.39 is 26.4 Å². The maximum Gasteiger partial charge on any atom is 0.127 e. The first-order chi connectivity index (χ1) is 13.0. The number of hydrogen-bond acceptors (Lipinski definition) is 6. The van der Waals surface area contributed by atoms with Crippen molar-refractivity contribution in [3.05, 3.63) is 57.6 Å². The standard InChI is InChI=1S/C21H28O6/c1-3-13(2)14-4-6-15(7-5-14)27-12-20-16(8-22)18(10-24)21(26)19(11-25)17(20)9-23/h4-7,13,22-26H,3,8-12H2,1-2H3. The average molecular weight is 376 g/mol. The van der Waals surface area contributed by atoms with Crippen LogP contribution in [0.15, 0.2) is 24.3 Å². The van der Waals surface area contributed by atoms with E-state index in [1.807, 2.05) is 24.3 Å². The molecule has 0 aromatic heterocycles. The lowest BCUT2D eigenvalue weighted by atomic mass is 9.91. The summed E-state index contributed by atoms with van der Waals surface area (Å²) in [4.78, 5) is 0. The molecule has 27 heavy (non-hydrogen) atoms. The predicted molar refractivity (Wildman–Crippen MR) is 101 cm³/mol. The second-order valence-electron chi connectivity index (χ2n) is 6.54. The monoisotopic (exact) mass is 376 g/mol. The molecule has 0 fully saturated rings. The number of phenols is 1. The second-order valence-corrected chi connectivity index (χ2v) is 6.54. The molecule has 2 aromatic carbocycles. The fraction of sp³-hybridized carbons (Fsp3) is 0.429. The van der Waals surface area contributed by atoms with Crippen LogP contribution in [0.1, 0.15) is 59.6 Å². The number of aliphatic hydroxyl groups is 4. The van der Waals surface area contributed by atoms with Gasteiger partial charge in [0.15, 0.2) is 0 Å². The van der Waals surface area contributed by atoms with Gasteiger partial charge < -0.3 is 30.3 Å². The molecule has 0 spiro atoms. The molecule has 6 heteroatoms. The molecule has 0 bridgehead atoms. The van der Waals surface area contributed by atoms with Crippen LogP contribution >= 0.6 is 0 Å². The maximum atomic E-state index is 10.2. The lowest BCUT2D eigenvalue weighted by Crippen LogP contribution is -2.12. The van der Waals surface area contributed by atoms with Gasteiger partial charge in [-0.2, -0.15) is 0 Å². The van der Waals surface area contributed by atoms with E-state index in [1.54, 1.807) is 0 Å². The van der Waals surface area contributed by atoms with Crippen LogP contribution in [0.5, 0.6) is 11.5 Å². The molecule has 148 valence electrons. The summed E-state index contributed by atoms with van der Waals surface area (Å²) in [7, 11) is 0. The smallest absolute Gasteiger partial charge is 0.127 e. The lowest BCUT2D eigenvalue weighted by Gasteiger charge is -2.21. The average Bonchev–Trinajstić information content (AvgIpc) is 2.71. The van der Waals surface area contributed by atoms with Crippen molar-refractivity contribution in [3.63, 3.8) is 0 Å². The van der Waals surface area contributed by atoms with Gasteiger partial charge >= 0.3 is 0 Å². The van der Waals surface area contributed by atoms with Gasteiger partial charge in [0.2, 0.25) is 0 Å². The highest BCUT2D eigenvalue weighted by Crippen LogP contribution is 2.35. The van der Waals surface area contributed by atoms with Gasteiger partial charge in [-0.3, -0.25) is 0 Å². The molecule has 0 saturated heterocycles. The zero-order chi connectivity index (χ0) is 20.0. The fourth-order valence-corrected chi connectivity index (χ4v) is 3.19. The molecule has 1 unspecified atom stereocenters. The van der Waals surface area contributed by atoms with E-state index >= 15 is 0 Å². The molecule has 6 nitrogen and oxygen atoms in total. The first-order valence-corrected chi connectivity index (χ1v) is 9.05. The molecule has 1 atom stereocenters. The first-order valence-electron chi connectivity index (χ1n) is 9.05. The minimum atomic E-state index is -0.503. The predicted octanol–water partition coefficient (Wildman–Crippen LogP) is 2.45.